The predicted molar refractivity (Wildman–Crippen MR) is 22.9 cm³/mol. The van der Waals surface area contributed by atoms with E-state index in [1.807, 2.05) is 0 Å². The molecule has 1 N–H and O–H groups in total. The molecule has 49 valence electrons. The second-order valence-corrected chi connectivity index (χ2v) is 1.27. The van der Waals surface area contributed by atoms with Crippen LogP contribution in [-0.4, -0.2) is 16.9 Å². The average Bonchev–Trinajstić information content (AvgIpc) is 1.27. The van der Waals surface area contributed by atoms with E-state index < -0.39 is 5.97 Å². The van der Waals surface area contributed by atoms with E-state index >= 15 is 0 Å². The van der Waals surface area contributed by atoms with Gasteiger partial charge in [0, 0.05) is 20.1 Å². The van der Waals surface area contributed by atoms with E-state index in [0.717, 1.165) is 0 Å². The van der Waals surface area contributed by atoms with Crippen LogP contribution in [0.3, 0.4) is 0 Å². The second kappa shape index (κ2) is 4.94. The molecule has 0 rings (SSSR count). The molecule has 0 fully saturated rings. The van der Waals surface area contributed by atoms with Crippen molar-refractivity contribution >= 4 is 11.8 Å². The van der Waals surface area contributed by atoms with Crippen molar-refractivity contribution in [1.29, 1.82) is 0 Å². The minimum Gasteiger partial charge on any atom is -0.481 e. The molecule has 0 aromatic rings. The van der Waals surface area contributed by atoms with Gasteiger partial charge in [0.1, 0.15) is 12.2 Å². The maximum Gasteiger partial charge on any atom is 0.310 e. The number of rotatable bonds is 2. The molecule has 0 amide bonds. The minimum absolute atomic E-state index is 0. The summed E-state index contributed by atoms with van der Waals surface area (Å²) >= 11 is 0. The normalized spacial score (nSPS) is 7.12. The van der Waals surface area contributed by atoms with E-state index in [1.165, 1.54) is 6.92 Å². The second-order valence-electron chi connectivity index (χ2n) is 1.27. The standard InChI is InChI=1S/C4H6O3.Ir/c1-3(5)2-4(6)7;/h2H2,1H3,(H,6,7);. The Morgan fingerprint density at radius 2 is 1.88 bits per heavy atom. The maximum absolute atomic E-state index is 9.87. The Bertz CT molecular complexity index is 87.5. The summed E-state index contributed by atoms with van der Waals surface area (Å²) in [5.41, 5.74) is 0. The first-order valence-corrected chi connectivity index (χ1v) is 1.84. The number of ketones is 1. The number of aliphatic carboxylic acids is 1. The van der Waals surface area contributed by atoms with Gasteiger partial charge in [0.05, 0.1) is 0 Å². The summed E-state index contributed by atoms with van der Waals surface area (Å²) in [7, 11) is 0. The minimum atomic E-state index is -1.06. The van der Waals surface area contributed by atoms with Gasteiger partial charge in [-0.25, -0.2) is 0 Å². The van der Waals surface area contributed by atoms with E-state index in [0.29, 0.717) is 0 Å². The van der Waals surface area contributed by atoms with Crippen molar-refractivity contribution in [2.45, 2.75) is 13.3 Å². The van der Waals surface area contributed by atoms with Crippen molar-refractivity contribution in [3.8, 4) is 0 Å². The van der Waals surface area contributed by atoms with Crippen molar-refractivity contribution in [3.05, 3.63) is 0 Å². The molecule has 4 heteroatoms. The molecule has 0 atom stereocenters. The summed E-state index contributed by atoms with van der Waals surface area (Å²) in [6.07, 6.45) is -0.361. The number of hydrogen-bond donors (Lipinski definition) is 1. The summed E-state index contributed by atoms with van der Waals surface area (Å²) in [6, 6.07) is 0. The zero-order chi connectivity index (χ0) is 5.86. The van der Waals surface area contributed by atoms with Crippen LogP contribution >= 0.6 is 0 Å². The van der Waals surface area contributed by atoms with Crippen molar-refractivity contribution in [2.24, 2.45) is 0 Å². The van der Waals surface area contributed by atoms with Crippen LogP contribution < -0.4 is 0 Å². The molecule has 0 bridgehead atoms. The monoisotopic (exact) mass is 295 g/mol. The van der Waals surface area contributed by atoms with Gasteiger partial charge < -0.3 is 5.11 Å². The van der Waals surface area contributed by atoms with Crippen LogP contribution in [0.15, 0.2) is 0 Å². The van der Waals surface area contributed by atoms with E-state index in [-0.39, 0.29) is 32.3 Å². The van der Waals surface area contributed by atoms with Gasteiger partial charge in [-0.05, 0) is 6.92 Å². The Kier molecular flexibility index (Phi) is 6.61. The van der Waals surface area contributed by atoms with Crippen molar-refractivity contribution in [3.63, 3.8) is 0 Å². The fourth-order valence-corrected chi connectivity index (χ4v) is 0.213. The van der Waals surface area contributed by atoms with Crippen LogP contribution in [0.25, 0.3) is 0 Å². The predicted octanol–water partition coefficient (Wildman–Crippen LogP) is 0.0476. The molecule has 0 heterocycles. The average molecular weight is 294 g/mol. The molecule has 8 heavy (non-hydrogen) atoms. The zero-order valence-corrected chi connectivity index (χ0v) is 6.70. The molecule has 0 aliphatic carbocycles. The Morgan fingerprint density at radius 1 is 1.50 bits per heavy atom. The van der Waals surface area contributed by atoms with Crippen LogP contribution in [0.1, 0.15) is 13.3 Å². The summed E-state index contributed by atoms with van der Waals surface area (Å²) < 4.78 is 0. The first-order chi connectivity index (χ1) is 3.13. The number of carboxylic acids is 1. The number of carbonyl (C=O) groups excluding carboxylic acids is 1. The SMILES string of the molecule is CC(=O)CC(=O)O.[Ir]. The van der Waals surface area contributed by atoms with Crippen molar-refractivity contribution in [2.75, 3.05) is 0 Å². The van der Waals surface area contributed by atoms with E-state index in [1.54, 1.807) is 0 Å². The number of carboxylic acid groups (broad SMARTS) is 1. The quantitative estimate of drug-likeness (QED) is 0.732. The molecule has 0 aliphatic heterocycles. The van der Waals surface area contributed by atoms with Gasteiger partial charge >= 0.3 is 5.97 Å². The summed E-state index contributed by atoms with van der Waals surface area (Å²) in [5.74, 6) is -1.37. The van der Waals surface area contributed by atoms with Gasteiger partial charge in [0.2, 0.25) is 0 Å². The third-order valence-electron chi connectivity index (χ3n) is 0.400. The molecule has 0 aliphatic rings. The summed E-state index contributed by atoms with van der Waals surface area (Å²) in [5, 5.41) is 7.86. The summed E-state index contributed by atoms with van der Waals surface area (Å²) in [6.45, 7) is 1.24. The first-order valence-electron chi connectivity index (χ1n) is 1.84. The number of hydrogen-bond acceptors (Lipinski definition) is 2. The van der Waals surface area contributed by atoms with Gasteiger partial charge in [-0.1, -0.05) is 0 Å². The van der Waals surface area contributed by atoms with Crippen molar-refractivity contribution in [1.82, 2.24) is 0 Å². The molecule has 0 saturated heterocycles. The van der Waals surface area contributed by atoms with Gasteiger partial charge in [-0.15, -0.1) is 0 Å². The summed E-state index contributed by atoms with van der Waals surface area (Å²) in [4.78, 5) is 19.5. The Balaban J connectivity index is 0. The van der Waals surface area contributed by atoms with Gasteiger partial charge in [0.25, 0.3) is 0 Å². The van der Waals surface area contributed by atoms with Crippen molar-refractivity contribution < 1.29 is 34.8 Å². The van der Waals surface area contributed by atoms with Gasteiger partial charge in [-0.3, -0.25) is 9.59 Å². The Hall–Kier alpha value is -0.211. The van der Waals surface area contributed by atoms with Crippen LogP contribution in [0.4, 0.5) is 0 Å². The molecule has 3 nitrogen and oxygen atoms in total. The Labute approximate surface area is 60.4 Å². The largest absolute Gasteiger partial charge is 0.481 e. The molecule has 0 aromatic heterocycles. The number of Topliss-reactive ketones (excluding diaryl/α,β-unsaturated/α-hetero) is 1. The smallest absolute Gasteiger partial charge is 0.310 e. The fourth-order valence-electron chi connectivity index (χ4n) is 0.213. The van der Waals surface area contributed by atoms with E-state index in [4.69, 9.17) is 5.11 Å². The molecule has 0 spiro atoms. The first kappa shape index (κ1) is 10.7. The third kappa shape index (κ3) is 9.25. The topological polar surface area (TPSA) is 54.4 Å². The van der Waals surface area contributed by atoms with Crippen LogP contribution in [0.2, 0.25) is 0 Å². The fraction of sp³-hybridized carbons (Fsp3) is 0.500. The molecular formula is C4H6IrO3. The number of carbonyl (C=O) groups is 2. The van der Waals surface area contributed by atoms with Gasteiger partial charge in [0.15, 0.2) is 0 Å². The van der Waals surface area contributed by atoms with Crippen LogP contribution in [0.5, 0.6) is 0 Å². The Morgan fingerprint density at radius 3 is 1.88 bits per heavy atom. The maximum atomic E-state index is 9.87. The van der Waals surface area contributed by atoms with E-state index in [9.17, 15) is 9.59 Å². The third-order valence-corrected chi connectivity index (χ3v) is 0.400. The molecule has 0 saturated carbocycles. The molecule has 0 unspecified atom stereocenters. The molecule has 0 aromatic carbocycles. The zero-order valence-electron chi connectivity index (χ0n) is 4.30. The molecule has 1 radical (unpaired) electrons. The van der Waals surface area contributed by atoms with Gasteiger partial charge in [-0.2, -0.15) is 0 Å². The van der Waals surface area contributed by atoms with E-state index in [2.05, 4.69) is 0 Å². The van der Waals surface area contributed by atoms with Crippen LogP contribution in [0, 0.1) is 0 Å². The molecular weight excluding hydrogens is 288 g/mol. The van der Waals surface area contributed by atoms with Crippen LogP contribution in [-0.2, 0) is 29.7 Å².